The average Bonchev–Trinajstić information content (AvgIpc) is 3.20. The molecule has 1 fully saturated rings. The molecule has 2 rings (SSSR count). The van der Waals surface area contributed by atoms with Gasteiger partial charge in [0.15, 0.2) is 0 Å². The van der Waals surface area contributed by atoms with Crippen LogP contribution in [0.1, 0.15) is 24.3 Å². The van der Waals surface area contributed by atoms with Crippen molar-refractivity contribution < 1.29 is 9.53 Å². The summed E-state index contributed by atoms with van der Waals surface area (Å²) in [5.41, 5.74) is 1.25. The number of benzene rings is 1. The summed E-state index contributed by atoms with van der Waals surface area (Å²) < 4.78 is 5.10. The lowest BCUT2D eigenvalue weighted by molar-refractivity contribution is -0.123. The lowest BCUT2D eigenvalue weighted by Gasteiger charge is -2.16. The first-order valence-corrected chi connectivity index (χ1v) is 7.20. The van der Waals surface area contributed by atoms with Gasteiger partial charge in [0.2, 0.25) is 5.91 Å². The molecule has 1 N–H and O–H groups in total. The van der Waals surface area contributed by atoms with Crippen molar-refractivity contribution in [1.82, 2.24) is 5.32 Å². The summed E-state index contributed by atoms with van der Waals surface area (Å²) in [7, 11) is 1.64. The summed E-state index contributed by atoms with van der Waals surface area (Å²) in [6.07, 6.45) is 1.68. The zero-order valence-electron chi connectivity index (χ0n) is 11.1. The Balaban J connectivity index is 1.85. The Morgan fingerprint density at radius 2 is 2.21 bits per heavy atom. The normalized spacial score (nSPS) is 22.8. The molecule has 4 heteroatoms. The fraction of sp³-hybridized carbons (Fsp3) is 0.533. The number of alkyl halides is 1. The van der Waals surface area contributed by atoms with Gasteiger partial charge >= 0.3 is 0 Å². The first-order chi connectivity index (χ1) is 9.26. The summed E-state index contributed by atoms with van der Waals surface area (Å²) in [6, 6.07) is 10.2. The van der Waals surface area contributed by atoms with Gasteiger partial charge in [0.05, 0.1) is 12.6 Å². The minimum Gasteiger partial charge on any atom is -0.383 e. The fourth-order valence-electron chi connectivity index (χ4n) is 2.39. The highest BCUT2D eigenvalue weighted by Gasteiger charge is 2.44. The number of carbonyl (C=O) groups is 1. The fourth-order valence-corrected chi connectivity index (χ4v) is 2.66. The van der Waals surface area contributed by atoms with Crippen molar-refractivity contribution >= 4 is 17.5 Å². The summed E-state index contributed by atoms with van der Waals surface area (Å²) in [5, 5.41) is 3.03. The van der Waals surface area contributed by atoms with Crippen LogP contribution in [0.15, 0.2) is 30.3 Å². The van der Waals surface area contributed by atoms with Crippen LogP contribution < -0.4 is 5.32 Å². The van der Waals surface area contributed by atoms with Gasteiger partial charge in [-0.1, -0.05) is 30.3 Å². The highest BCUT2D eigenvalue weighted by Crippen LogP contribution is 2.47. The van der Waals surface area contributed by atoms with Gasteiger partial charge in [-0.2, -0.15) is 0 Å². The molecule has 1 aromatic carbocycles. The molecule has 1 saturated carbocycles. The quantitative estimate of drug-likeness (QED) is 0.780. The van der Waals surface area contributed by atoms with Gasteiger partial charge in [-0.3, -0.25) is 4.79 Å². The van der Waals surface area contributed by atoms with Crippen molar-refractivity contribution in [2.45, 2.75) is 24.8 Å². The third kappa shape index (κ3) is 3.95. The average molecular weight is 282 g/mol. The summed E-state index contributed by atoms with van der Waals surface area (Å²) in [6.45, 7) is 0.515. The Labute approximate surface area is 119 Å². The van der Waals surface area contributed by atoms with Crippen LogP contribution in [0.4, 0.5) is 0 Å². The number of methoxy groups -OCH3 is 1. The largest absolute Gasteiger partial charge is 0.383 e. The number of hydrogen-bond acceptors (Lipinski definition) is 2. The Morgan fingerprint density at radius 3 is 2.84 bits per heavy atom. The van der Waals surface area contributed by atoms with E-state index in [1.165, 1.54) is 5.56 Å². The predicted octanol–water partition coefficient (Wildman–Crippen LogP) is 2.55. The van der Waals surface area contributed by atoms with Crippen LogP contribution in [0.2, 0.25) is 0 Å². The molecule has 1 aromatic rings. The van der Waals surface area contributed by atoms with E-state index in [0.717, 1.165) is 12.8 Å². The van der Waals surface area contributed by atoms with E-state index < -0.39 is 0 Å². The maximum Gasteiger partial charge on any atom is 0.224 e. The number of rotatable bonds is 7. The molecule has 0 aliphatic heterocycles. The molecule has 3 unspecified atom stereocenters. The van der Waals surface area contributed by atoms with E-state index in [1.54, 1.807) is 7.11 Å². The molecule has 0 radical (unpaired) electrons. The monoisotopic (exact) mass is 281 g/mol. The molecule has 104 valence electrons. The van der Waals surface area contributed by atoms with Gasteiger partial charge in [-0.05, 0) is 24.3 Å². The van der Waals surface area contributed by atoms with E-state index in [4.69, 9.17) is 16.3 Å². The van der Waals surface area contributed by atoms with Crippen LogP contribution in [0.3, 0.4) is 0 Å². The van der Waals surface area contributed by atoms with Crippen molar-refractivity contribution in [3.63, 3.8) is 0 Å². The zero-order valence-corrected chi connectivity index (χ0v) is 11.9. The van der Waals surface area contributed by atoms with Crippen LogP contribution in [0.5, 0.6) is 0 Å². The maximum absolute atomic E-state index is 12.1. The molecule has 19 heavy (non-hydrogen) atoms. The second-order valence-corrected chi connectivity index (χ2v) is 5.38. The summed E-state index contributed by atoms with van der Waals surface area (Å²) >= 11 is 5.73. The summed E-state index contributed by atoms with van der Waals surface area (Å²) in [5.74, 6) is 1.14. The zero-order chi connectivity index (χ0) is 13.7. The number of carbonyl (C=O) groups excluding carboxylic acids is 1. The van der Waals surface area contributed by atoms with Gasteiger partial charge < -0.3 is 10.1 Å². The molecule has 0 spiro atoms. The molecule has 0 saturated heterocycles. The second-order valence-electron chi connectivity index (χ2n) is 5.00. The first kappa shape index (κ1) is 14.4. The predicted molar refractivity (Wildman–Crippen MR) is 76.4 cm³/mol. The molecular weight excluding hydrogens is 262 g/mol. The molecule has 1 aliphatic carbocycles. The molecule has 3 atom stereocenters. The van der Waals surface area contributed by atoms with E-state index in [-0.39, 0.29) is 17.9 Å². The Morgan fingerprint density at radius 1 is 1.47 bits per heavy atom. The van der Waals surface area contributed by atoms with Gasteiger partial charge in [-0.15, -0.1) is 11.6 Å². The van der Waals surface area contributed by atoms with E-state index in [9.17, 15) is 4.79 Å². The Kier molecular flexibility index (Phi) is 5.23. The molecule has 0 bridgehead atoms. The molecule has 0 aromatic heterocycles. The summed E-state index contributed by atoms with van der Waals surface area (Å²) in [4.78, 5) is 12.1. The van der Waals surface area contributed by atoms with Gasteiger partial charge in [-0.25, -0.2) is 0 Å². The third-order valence-electron chi connectivity index (χ3n) is 3.53. The van der Waals surface area contributed by atoms with Crippen molar-refractivity contribution in [3.05, 3.63) is 35.9 Å². The van der Waals surface area contributed by atoms with Crippen LogP contribution in [0.25, 0.3) is 0 Å². The van der Waals surface area contributed by atoms with E-state index in [2.05, 4.69) is 17.4 Å². The van der Waals surface area contributed by atoms with Crippen LogP contribution in [-0.2, 0) is 9.53 Å². The Bertz CT molecular complexity index is 404. The van der Waals surface area contributed by atoms with Crippen LogP contribution >= 0.6 is 11.6 Å². The lowest BCUT2D eigenvalue weighted by atomic mass is 10.1. The SMILES string of the molecule is COCC(CCCl)NC(=O)C1CC1c1ccccc1. The molecular formula is C15H20ClNO2. The van der Waals surface area contributed by atoms with Crippen molar-refractivity contribution in [2.75, 3.05) is 19.6 Å². The topological polar surface area (TPSA) is 38.3 Å². The maximum atomic E-state index is 12.1. The molecule has 1 aliphatic rings. The first-order valence-electron chi connectivity index (χ1n) is 6.66. The Hall–Kier alpha value is -1.06. The number of hydrogen-bond donors (Lipinski definition) is 1. The molecule has 0 heterocycles. The third-order valence-corrected chi connectivity index (χ3v) is 3.74. The number of halogens is 1. The number of nitrogens with one attached hydrogen (secondary N) is 1. The minimum atomic E-state index is 0.0204. The highest BCUT2D eigenvalue weighted by atomic mass is 35.5. The van der Waals surface area contributed by atoms with E-state index in [0.29, 0.717) is 18.4 Å². The standard InChI is InChI=1S/C15H20ClNO2/c1-19-10-12(7-8-16)17-15(18)14-9-13(14)11-5-3-2-4-6-11/h2-6,12-14H,7-10H2,1H3,(H,17,18). The number of ether oxygens (including phenoxy) is 1. The van der Waals surface area contributed by atoms with Crippen molar-refractivity contribution in [3.8, 4) is 0 Å². The van der Waals surface area contributed by atoms with Crippen LogP contribution in [-0.4, -0.2) is 31.5 Å². The van der Waals surface area contributed by atoms with Crippen molar-refractivity contribution in [2.24, 2.45) is 5.92 Å². The number of amides is 1. The van der Waals surface area contributed by atoms with Gasteiger partial charge in [0, 0.05) is 18.9 Å². The van der Waals surface area contributed by atoms with Crippen molar-refractivity contribution in [1.29, 1.82) is 0 Å². The smallest absolute Gasteiger partial charge is 0.224 e. The van der Waals surface area contributed by atoms with Gasteiger partial charge in [0.1, 0.15) is 0 Å². The lowest BCUT2D eigenvalue weighted by Crippen LogP contribution is -2.39. The second kappa shape index (κ2) is 6.92. The molecule has 1 amide bonds. The van der Waals surface area contributed by atoms with Crippen LogP contribution in [0, 0.1) is 5.92 Å². The highest BCUT2D eigenvalue weighted by molar-refractivity contribution is 6.17. The van der Waals surface area contributed by atoms with E-state index in [1.807, 2.05) is 18.2 Å². The van der Waals surface area contributed by atoms with E-state index >= 15 is 0 Å². The van der Waals surface area contributed by atoms with Gasteiger partial charge in [0.25, 0.3) is 0 Å². The minimum absolute atomic E-state index is 0.0204. The molecule has 3 nitrogen and oxygen atoms in total.